The van der Waals surface area contributed by atoms with Crippen LogP contribution in [0, 0.1) is 5.41 Å². The summed E-state index contributed by atoms with van der Waals surface area (Å²) >= 11 is 0. The van der Waals surface area contributed by atoms with Crippen LogP contribution in [0.2, 0.25) is 0 Å². The van der Waals surface area contributed by atoms with Crippen LogP contribution in [-0.4, -0.2) is 13.2 Å². The molecule has 1 nitrogen and oxygen atoms in total. The van der Waals surface area contributed by atoms with E-state index in [1.165, 1.54) is 0 Å². The van der Waals surface area contributed by atoms with E-state index in [9.17, 15) is 4.39 Å². The van der Waals surface area contributed by atoms with E-state index < -0.39 is 5.41 Å². The van der Waals surface area contributed by atoms with Gasteiger partial charge in [-0.2, -0.15) is 0 Å². The summed E-state index contributed by atoms with van der Waals surface area (Å²) in [4.78, 5) is 0. The highest BCUT2D eigenvalue weighted by atomic mass is 19.1. The molecule has 54 valence electrons. The molecule has 0 radical (unpaired) electrons. The van der Waals surface area contributed by atoms with Crippen LogP contribution < -0.4 is 5.73 Å². The maximum absolute atomic E-state index is 12.1. The molecule has 0 heterocycles. The van der Waals surface area contributed by atoms with Gasteiger partial charge in [0.1, 0.15) is 0 Å². The van der Waals surface area contributed by atoms with Gasteiger partial charge in [-0.25, -0.2) is 0 Å². The van der Waals surface area contributed by atoms with E-state index in [-0.39, 0.29) is 6.67 Å². The predicted octanol–water partition coefficient (Wildman–Crippen LogP) is 1.50. The molecule has 0 rings (SSSR count). The van der Waals surface area contributed by atoms with E-state index in [0.29, 0.717) is 13.0 Å². The Morgan fingerprint density at radius 2 is 2.33 bits per heavy atom. The molecule has 9 heavy (non-hydrogen) atoms. The zero-order valence-electron chi connectivity index (χ0n) is 5.86. The van der Waals surface area contributed by atoms with Crippen molar-refractivity contribution in [3.63, 3.8) is 0 Å². The standard InChI is InChI=1S/C7H14FN/c1-3-7(2,6-8)4-5-9/h3H,1,4-6,9H2,2H3. The molecule has 0 amide bonds. The van der Waals surface area contributed by atoms with Crippen molar-refractivity contribution >= 4 is 0 Å². The molecule has 0 bridgehead atoms. The van der Waals surface area contributed by atoms with Crippen LogP contribution in [0.15, 0.2) is 12.7 Å². The Hall–Kier alpha value is -0.370. The molecule has 1 atom stereocenters. The summed E-state index contributed by atoms with van der Waals surface area (Å²) < 4.78 is 12.1. The maximum atomic E-state index is 12.1. The first-order chi connectivity index (χ1) is 4.18. The monoisotopic (exact) mass is 131 g/mol. The van der Waals surface area contributed by atoms with E-state index in [1.54, 1.807) is 6.08 Å². The third-order valence-electron chi connectivity index (χ3n) is 1.51. The molecule has 0 aliphatic carbocycles. The highest BCUT2D eigenvalue weighted by molar-refractivity contribution is 4.90. The van der Waals surface area contributed by atoms with Crippen molar-refractivity contribution in [1.82, 2.24) is 0 Å². The number of nitrogens with two attached hydrogens (primary N) is 1. The number of halogens is 1. The fourth-order valence-electron chi connectivity index (χ4n) is 0.553. The first-order valence-electron chi connectivity index (χ1n) is 3.08. The minimum atomic E-state index is -0.394. The molecule has 2 heteroatoms. The van der Waals surface area contributed by atoms with Crippen LogP contribution in [0.4, 0.5) is 4.39 Å². The van der Waals surface area contributed by atoms with Crippen molar-refractivity contribution in [2.24, 2.45) is 11.1 Å². The zero-order valence-corrected chi connectivity index (χ0v) is 5.86. The molecule has 0 aromatic heterocycles. The van der Waals surface area contributed by atoms with Gasteiger partial charge in [0.05, 0.1) is 6.67 Å². The lowest BCUT2D eigenvalue weighted by atomic mass is 9.89. The normalized spacial score (nSPS) is 16.8. The quantitative estimate of drug-likeness (QED) is 0.575. The van der Waals surface area contributed by atoms with Gasteiger partial charge < -0.3 is 5.73 Å². The van der Waals surface area contributed by atoms with E-state index >= 15 is 0 Å². The van der Waals surface area contributed by atoms with Crippen LogP contribution in [-0.2, 0) is 0 Å². The lowest BCUT2D eigenvalue weighted by Gasteiger charge is -2.19. The van der Waals surface area contributed by atoms with Gasteiger partial charge in [-0.3, -0.25) is 4.39 Å². The molecule has 0 saturated heterocycles. The summed E-state index contributed by atoms with van der Waals surface area (Å²) in [6.07, 6.45) is 2.30. The highest BCUT2D eigenvalue weighted by Gasteiger charge is 2.17. The average molecular weight is 131 g/mol. The van der Waals surface area contributed by atoms with Crippen molar-refractivity contribution < 1.29 is 4.39 Å². The van der Waals surface area contributed by atoms with Gasteiger partial charge in [-0.15, -0.1) is 6.58 Å². The van der Waals surface area contributed by atoms with Crippen LogP contribution >= 0.6 is 0 Å². The second-order valence-electron chi connectivity index (χ2n) is 2.53. The molecule has 0 fully saturated rings. The smallest absolute Gasteiger partial charge is 0.0982 e. The first-order valence-corrected chi connectivity index (χ1v) is 3.08. The Morgan fingerprint density at radius 1 is 1.78 bits per heavy atom. The van der Waals surface area contributed by atoms with Crippen LogP contribution in [0.25, 0.3) is 0 Å². The van der Waals surface area contributed by atoms with E-state index in [2.05, 4.69) is 6.58 Å². The molecule has 0 spiro atoms. The largest absolute Gasteiger partial charge is 0.330 e. The van der Waals surface area contributed by atoms with Gasteiger partial charge in [-0.1, -0.05) is 13.0 Å². The van der Waals surface area contributed by atoms with Crippen LogP contribution in [0.5, 0.6) is 0 Å². The molecule has 0 aliphatic rings. The van der Waals surface area contributed by atoms with Gasteiger partial charge in [0.25, 0.3) is 0 Å². The van der Waals surface area contributed by atoms with Gasteiger partial charge in [0.2, 0.25) is 0 Å². The summed E-state index contributed by atoms with van der Waals surface area (Å²) in [5.41, 5.74) is 4.86. The minimum absolute atomic E-state index is 0.367. The fourth-order valence-corrected chi connectivity index (χ4v) is 0.553. The Labute approximate surface area is 55.7 Å². The maximum Gasteiger partial charge on any atom is 0.0982 e. The average Bonchev–Trinajstić information content (AvgIpc) is 1.89. The van der Waals surface area contributed by atoms with Gasteiger partial charge in [0, 0.05) is 5.41 Å². The lowest BCUT2D eigenvalue weighted by Crippen LogP contribution is -2.20. The molecule has 0 aromatic rings. The van der Waals surface area contributed by atoms with Crippen LogP contribution in [0.1, 0.15) is 13.3 Å². The van der Waals surface area contributed by atoms with Crippen molar-refractivity contribution in [3.05, 3.63) is 12.7 Å². The zero-order chi connectivity index (χ0) is 7.33. The Balaban J connectivity index is 3.76. The SMILES string of the molecule is C=CC(C)(CF)CCN. The molecular formula is C7H14FN. The molecule has 0 saturated carbocycles. The molecule has 2 N–H and O–H groups in total. The Kier molecular flexibility index (Phi) is 3.47. The summed E-state index contributed by atoms with van der Waals surface area (Å²) in [5, 5.41) is 0. The third-order valence-corrected chi connectivity index (χ3v) is 1.51. The highest BCUT2D eigenvalue weighted by Crippen LogP contribution is 2.21. The van der Waals surface area contributed by atoms with E-state index in [1.807, 2.05) is 6.92 Å². The third kappa shape index (κ3) is 2.61. The number of hydrogen-bond donors (Lipinski definition) is 1. The molecule has 0 aliphatic heterocycles. The molecular weight excluding hydrogens is 117 g/mol. The first kappa shape index (κ1) is 8.63. The van der Waals surface area contributed by atoms with Gasteiger partial charge >= 0.3 is 0 Å². The van der Waals surface area contributed by atoms with Crippen molar-refractivity contribution in [1.29, 1.82) is 0 Å². The topological polar surface area (TPSA) is 26.0 Å². The summed E-state index contributed by atoms with van der Waals surface area (Å²) in [7, 11) is 0. The number of hydrogen-bond acceptors (Lipinski definition) is 1. The molecule has 1 unspecified atom stereocenters. The second kappa shape index (κ2) is 3.62. The lowest BCUT2D eigenvalue weighted by molar-refractivity contribution is 0.282. The number of alkyl halides is 1. The second-order valence-corrected chi connectivity index (χ2v) is 2.53. The summed E-state index contributed by atoms with van der Waals surface area (Å²) in [6.45, 7) is 5.49. The minimum Gasteiger partial charge on any atom is -0.330 e. The summed E-state index contributed by atoms with van der Waals surface area (Å²) in [5.74, 6) is 0. The Bertz CT molecular complexity index is 92.9. The number of rotatable bonds is 4. The summed E-state index contributed by atoms with van der Waals surface area (Å²) in [6, 6.07) is 0. The molecule has 0 aromatic carbocycles. The van der Waals surface area contributed by atoms with Gasteiger partial charge in [0.15, 0.2) is 0 Å². The van der Waals surface area contributed by atoms with Crippen LogP contribution in [0.3, 0.4) is 0 Å². The number of allylic oxidation sites excluding steroid dienone is 1. The fraction of sp³-hybridized carbons (Fsp3) is 0.714. The van der Waals surface area contributed by atoms with E-state index in [0.717, 1.165) is 0 Å². The predicted molar refractivity (Wildman–Crippen MR) is 38.0 cm³/mol. The van der Waals surface area contributed by atoms with E-state index in [4.69, 9.17) is 5.73 Å². The van der Waals surface area contributed by atoms with Crippen molar-refractivity contribution in [2.45, 2.75) is 13.3 Å². The van der Waals surface area contributed by atoms with Gasteiger partial charge in [-0.05, 0) is 13.0 Å². The van der Waals surface area contributed by atoms with Crippen molar-refractivity contribution in [2.75, 3.05) is 13.2 Å². The van der Waals surface area contributed by atoms with Crippen molar-refractivity contribution in [3.8, 4) is 0 Å². The Morgan fingerprint density at radius 3 is 2.44 bits per heavy atom.